The second kappa shape index (κ2) is 4.35. The van der Waals surface area contributed by atoms with Crippen LogP contribution in [0, 0.1) is 0 Å². The number of nitrogens with zero attached hydrogens (tertiary/aromatic N) is 2. The number of ketones is 1. The monoisotopic (exact) mass is 271 g/mol. The predicted molar refractivity (Wildman–Crippen MR) is 64.2 cm³/mol. The first-order chi connectivity index (χ1) is 7.99. The van der Waals surface area contributed by atoms with Gasteiger partial charge in [-0.15, -0.1) is 5.10 Å². The van der Waals surface area contributed by atoms with Crippen molar-refractivity contribution in [2.24, 2.45) is 0 Å². The molecule has 2 aromatic rings. The Kier molecular flexibility index (Phi) is 3.04. The molecule has 1 aromatic carbocycles. The largest absolute Gasteiger partial charge is 0.302 e. The van der Waals surface area contributed by atoms with Crippen molar-refractivity contribution in [3.63, 3.8) is 0 Å². The first kappa shape index (κ1) is 11.9. The van der Waals surface area contributed by atoms with Crippen LogP contribution in [0.25, 0.3) is 5.69 Å². The third kappa shape index (κ3) is 2.25. The molecule has 0 saturated heterocycles. The standard InChI is InChI=1S/C10H7Cl2N3O2/c1-5(16)9-10(17)15(14-13-9)8-3-6(11)2-7(12)4-8/h2-4,14H,1H3. The van der Waals surface area contributed by atoms with Crippen LogP contribution in [0.15, 0.2) is 23.0 Å². The zero-order valence-electron chi connectivity index (χ0n) is 8.70. The molecule has 88 valence electrons. The fourth-order valence-corrected chi connectivity index (χ4v) is 1.89. The molecule has 5 nitrogen and oxygen atoms in total. The molecule has 0 atom stereocenters. The number of aromatic nitrogens is 3. The van der Waals surface area contributed by atoms with E-state index in [2.05, 4.69) is 10.3 Å². The highest BCUT2D eigenvalue weighted by molar-refractivity contribution is 6.34. The minimum atomic E-state index is -0.532. The molecule has 1 aromatic heterocycles. The summed E-state index contributed by atoms with van der Waals surface area (Å²) in [6, 6.07) is 4.62. The number of hydrogen-bond donors (Lipinski definition) is 1. The number of hydrogen-bond acceptors (Lipinski definition) is 3. The van der Waals surface area contributed by atoms with Gasteiger partial charge in [-0.1, -0.05) is 23.2 Å². The van der Waals surface area contributed by atoms with Gasteiger partial charge in [0.05, 0.1) is 5.69 Å². The molecule has 1 heterocycles. The van der Waals surface area contributed by atoms with Crippen molar-refractivity contribution < 1.29 is 4.79 Å². The van der Waals surface area contributed by atoms with Crippen molar-refractivity contribution in [3.05, 3.63) is 44.3 Å². The number of carbonyl (C=O) groups is 1. The average molecular weight is 272 g/mol. The van der Waals surface area contributed by atoms with Crippen molar-refractivity contribution in [1.82, 2.24) is 15.0 Å². The minimum absolute atomic E-state index is 0.152. The van der Waals surface area contributed by atoms with Gasteiger partial charge in [-0.05, 0) is 18.2 Å². The molecule has 0 amide bonds. The summed E-state index contributed by atoms with van der Waals surface area (Å²) >= 11 is 11.6. The zero-order valence-corrected chi connectivity index (χ0v) is 10.2. The second-order valence-corrected chi connectivity index (χ2v) is 4.26. The van der Waals surface area contributed by atoms with E-state index in [1.807, 2.05) is 0 Å². The summed E-state index contributed by atoms with van der Waals surface area (Å²) in [5.74, 6) is -0.405. The van der Waals surface area contributed by atoms with Gasteiger partial charge in [-0.25, -0.2) is 9.90 Å². The summed E-state index contributed by atoms with van der Waals surface area (Å²) in [6.45, 7) is 1.27. The lowest BCUT2D eigenvalue weighted by molar-refractivity contribution is 0.101. The molecule has 0 unspecified atom stereocenters. The molecular weight excluding hydrogens is 265 g/mol. The average Bonchev–Trinajstić information content (AvgIpc) is 2.58. The fraction of sp³-hybridized carbons (Fsp3) is 0.100. The third-order valence-corrected chi connectivity index (χ3v) is 2.54. The molecule has 2 rings (SSSR count). The number of Topliss-reactive ketones (excluding diaryl/α,β-unsaturated/α-hetero) is 1. The topological polar surface area (TPSA) is 67.8 Å². The SMILES string of the molecule is CC(=O)c1n[nH]n(-c2cc(Cl)cc(Cl)c2)c1=O. The zero-order chi connectivity index (χ0) is 12.6. The number of benzene rings is 1. The van der Waals surface area contributed by atoms with E-state index in [1.54, 1.807) is 6.07 Å². The number of rotatable bonds is 2. The molecule has 0 radical (unpaired) electrons. The van der Waals surface area contributed by atoms with Crippen LogP contribution in [0.5, 0.6) is 0 Å². The van der Waals surface area contributed by atoms with E-state index in [0.717, 1.165) is 4.68 Å². The van der Waals surface area contributed by atoms with Crippen LogP contribution in [0.4, 0.5) is 0 Å². The van der Waals surface area contributed by atoms with Gasteiger partial charge in [0.15, 0.2) is 11.5 Å². The van der Waals surface area contributed by atoms with Gasteiger partial charge in [-0.2, -0.15) is 0 Å². The molecule has 0 aliphatic carbocycles. The van der Waals surface area contributed by atoms with Crippen LogP contribution < -0.4 is 5.56 Å². The fourth-order valence-electron chi connectivity index (χ4n) is 1.37. The van der Waals surface area contributed by atoms with E-state index >= 15 is 0 Å². The highest BCUT2D eigenvalue weighted by Crippen LogP contribution is 2.20. The predicted octanol–water partition coefficient (Wildman–Crippen LogP) is 2.07. The Morgan fingerprint density at radius 1 is 1.29 bits per heavy atom. The van der Waals surface area contributed by atoms with Crippen molar-refractivity contribution in [2.45, 2.75) is 6.92 Å². The second-order valence-electron chi connectivity index (χ2n) is 3.38. The molecule has 0 aliphatic rings. The van der Waals surface area contributed by atoms with Gasteiger partial charge >= 0.3 is 5.56 Å². The van der Waals surface area contributed by atoms with Gasteiger partial charge in [0.25, 0.3) is 0 Å². The summed E-state index contributed by atoms with van der Waals surface area (Å²) in [7, 11) is 0. The highest BCUT2D eigenvalue weighted by Gasteiger charge is 2.13. The van der Waals surface area contributed by atoms with Crippen molar-refractivity contribution >= 4 is 29.0 Å². The van der Waals surface area contributed by atoms with Gasteiger partial charge < -0.3 is 0 Å². The highest BCUT2D eigenvalue weighted by atomic mass is 35.5. The Bertz CT molecular complexity index is 625. The first-order valence-corrected chi connectivity index (χ1v) is 5.39. The minimum Gasteiger partial charge on any atom is -0.292 e. The summed E-state index contributed by atoms with van der Waals surface area (Å²) < 4.78 is 1.11. The maximum atomic E-state index is 11.8. The lowest BCUT2D eigenvalue weighted by atomic mass is 10.3. The number of aromatic amines is 1. The van der Waals surface area contributed by atoms with E-state index in [9.17, 15) is 9.59 Å². The number of halogens is 2. The molecule has 0 fully saturated rings. The van der Waals surface area contributed by atoms with Gasteiger partial charge in [0, 0.05) is 17.0 Å². The van der Waals surface area contributed by atoms with Crippen LogP contribution in [0.2, 0.25) is 10.0 Å². The van der Waals surface area contributed by atoms with Crippen molar-refractivity contribution in [1.29, 1.82) is 0 Å². The first-order valence-electron chi connectivity index (χ1n) is 4.64. The summed E-state index contributed by atoms with van der Waals surface area (Å²) in [5, 5.41) is 6.86. The van der Waals surface area contributed by atoms with Crippen LogP contribution in [0.3, 0.4) is 0 Å². The summed E-state index contributed by atoms with van der Waals surface area (Å²) in [6.07, 6.45) is 0. The maximum Gasteiger partial charge on any atom is 0.302 e. The van der Waals surface area contributed by atoms with Gasteiger partial charge in [0.1, 0.15) is 0 Å². The van der Waals surface area contributed by atoms with E-state index in [1.165, 1.54) is 19.1 Å². The van der Waals surface area contributed by atoms with E-state index in [0.29, 0.717) is 15.7 Å². The Hall–Kier alpha value is -1.59. The Balaban J connectivity index is 2.61. The smallest absolute Gasteiger partial charge is 0.292 e. The molecule has 7 heteroatoms. The Labute approximate surface area is 106 Å². The van der Waals surface area contributed by atoms with Gasteiger partial charge in [0.2, 0.25) is 0 Å². The normalized spacial score (nSPS) is 10.5. The van der Waals surface area contributed by atoms with Crippen LogP contribution in [-0.4, -0.2) is 20.8 Å². The molecule has 0 saturated carbocycles. The molecular formula is C10H7Cl2N3O2. The van der Waals surface area contributed by atoms with Crippen LogP contribution >= 0.6 is 23.2 Å². The lowest BCUT2D eigenvalue weighted by Crippen LogP contribution is -2.19. The molecule has 17 heavy (non-hydrogen) atoms. The summed E-state index contributed by atoms with van der Waals surface area (Å²) in [4.78, 5) is 22.9. The Morgan fingerprint density at radius 2 is 1.88 bits per heavy atom. The Morgan fingerprint density at radius 3 is 2.35 bits per heavy atom. The van der Waals surface area contributed by atoms with Crippen molar-refractivity contribution in [3.8, 4) is 5.69 Å². The lowest BCUT2D eigenvalue weighted by Gasteiger charge is -2.01. The van der Waals surface area contributed by atoms with E-state index in [-0.39, 0.29) is 5.69 Å². The maximum absolute atomic E-state index is 11.8. The number of carbonyl (C=O) groups excluding carboxylic acids is 1. The summed E-state index contributed by atoms with van der Waals surface area (Å²) in [5.41, 5.74) is -0.260. The quantitative estimate of drug-likeness (QED) is 0.851. The number of nitrogens with one attached hydrogen (secondary N) is 1. The van der Waals surface area contributed by atoms with Crippen LogP contribution in [-0.2, 0) is 0 Å². The van der Waals surface area contributed by atoms with E-state index < -0.39 is 11.3 Å². The van der Waals surface area contributed by atoms with Crippen LogP contribution in [0.1, 0.15) is 17.4 Å². The van der Waals surface area contributed by atoms with E-state index in [4.69, 9.17) is 23.2 Å². The third-order valence-electron chi connectivity index (χ3n) is 2.11. The molecule has 0 aliphatic heterocycles. The van der Waals surface area contributed by atoms with Crippen molar-refractivity contribution in [2.75, 3.05) is 0 Å². The molecule has 1 N–H and O–H groups in total. The van der Waals surface area contributed by atoms with Gasteiger partial charge in [-0.3, -0.25) is 9.59 Å². The number of H-pyrrole nitrogens is 1. The molecule has 0 bridgehead atoms. The molecule has 0 spiro atoms.